The first kappa shape index (κ1) is 24.5. The van der Waals surface area contributed by atoms with Crippen LogP contribution in [0.4, 0.5) is 0 Å². The van der Waals surface area contributed by atoms with Gasteiger partial charge in [0.05, 0.1) is 0 Å². The minimum Gasteiger partial charge on any atom is -1.00 e. The summed E-state index contributed by atoms with van der Waals surface area (Å²) in [7, 11) is 0. The Morgan fingerprint density at radius 2 is 1.33 bits per heavy atom. The molecule has 0 aromatic carbocycles. The Morgan fingerprint density at radius 1 is 0.810 bits per heavy atom. The maximum absolute atomic E-state index is 10.2. The summed E-state index contributed by atoms with van der Waals surface area (Å²) in [4.78, 5) is 0. The molecule has 0 amide bonds. The van der Waals surface area contributed by atoms with Crippen molar-refractivity contribution in [2.24, 2.45) is 5.92 Å². The van der Waals surface area contributed by atoms with Gasteiger partial charge in [-0.05, 0) is 0 Å². The Bertz CT molecular complexity index is 200. The van der Waals surface area contributed by atoms with Crippen molar-refractivity contribution < 1.29 is 29.1 Å². The Labute approximate surface area is 156 Å². The molecule has 0 aliphatic heterocycles. The topological polar surface area (TPSA) is 20.2 Å². The van der Waals surface area contributed by atoms with Gasteiger partial charge in [0.2, 0.25) is 0 Å². The molecule has 21 heavy (non-hydrogen) atoms. The maximum atomic E-state index is 10.2. The van der Waals surface area contributed by atoms with Crippen LogP contribution in [0.5, 0.6) is 0 Å². The Morgan fingerprint density at radius 3 is 1.81 bits per heavy atom. The molecule has 0 saturated carbocycles. The van der Waals surface area contributed by atoms with Crippen molar-refractivity contribution >= 4 is 13.9 Å². The molecular formula is C18H39IOSe. The van der Waals surface area contributed by atoms with Gasteiger partial charge in [0.1, 0.15) is 0 Å². The molecule has 0 rings (SSSR count). The minimum atomic E-state index is -0.370. The summed E-state index contributed by atoms with van der Waals surface area (Å²) in [5.41, 5.74) is 0. The van der Waals surface area contributed by atoms with Crippen LogP contribution in [-0.2, 0) is 0 Å². The molecule has 0 aliphatic carbocycles. The standard InChI is InChI=1S/C18H39OSe.HI/c1-5-7-9-11-13-17(16-20(3)4)15-18(19)14-12-10-8-6-2;/h17-19H,5-16H2,1-4H3;1H/q+1;/p-1. The normalized spacial score (nSPS) is 14.0. The van der Waals surface area contributed by atoms with E-state index in [1.165, 1.54) is 63.1 Å². The van der Waals surface area contributed by atoms with Crippen LogP contribution in [0.1, 0.15) is 84.5 Å². The minimum absolute atomic E-state index is 0. The van der Waals surface area contributed by atoms with Crippen LogP contribution < -0.4 is 24.0 Å². The average Bonchev–Trinajstić information content (AvgIpc) is 2.39. The van der Waals surface area contributed by atoms with E-state index in [4.69, 9.17) is 0 Å². The number of hydrogen-bond acceptors (Lipinski definition) is 1. The van der Waals surface area contributed by atoms with Crippen molar-refractivity contribution in [2.45, 2.75) is 108 Å². The zero-order valence-electron chi connectivity index (χ0n) is 14.9. The molecule has 0 fully saturated rings. The Hall–Kier alpha value is 1.21. The SMILES string of the molecule is CCCCCCC(O)CC(CCCCCC)C[Se+](C)C.[I-]. The van der Waals surface area contributed by atoms with Crippen molar-refractivity contribution in [1.29, 1.82) is 0 Å². The predicted molar refractivity (Wildman–Crippen MR) is 93.9 cm³/mol. The third kappa shape index (κ3) is 17.4. The van der Waals surface area contributed by atoms with Gasteiger partial charge in [0.25, 0.3) is 0 Å². The van der Waals surface area contributed by atoms with Crippen LogP contribution >= 0.6 is 0 Å². The molecule has 0 saturated heterocycles. The first-order valence-corrected chi connectivity index (χ1v) is 13.5. The molecule has 3 heteroatoms. The van der Waals surface area contributed by atoms with E-state index in [1.54, 1.807) is 0 Å². The van der Waals surface area contributed by atoms with Gasteiger partial charge in [0.15, 0.2) is 0 Å². The summed E-state index contributed by atoms with van der Waals surface area (Å²) in [6.07, 6.45) is 14.0. The van der Waals surface area contributed by atoms with Gasteiger partial charge < -0.3 is 24.0 Å². The maximum Gasteiger partial charge on any atom is -1.00 e. The summed E-state index contributed by atoms with van der Waals surface area (Å²) in [6.45, 7) is 4.52. The third-order valence-electron chi connectivity index (χ3n) is 4.03. The van der Waals surface area contributed by atoms with Gasteiger partial charge in [-0.25, -0.2) is 0 Å². The zero-order valence-corrected chi connectivity index (χ0v) is 18.7. The molecule has 130 valence electrons. The number of rotatable bonds is 14. The second kappa shape index (κ2) is 17.6. The summed E-state index contributed by atoms with van der Waals surface area (Å²) < 4.78 is 0. The number of hydrogen-bond donors (Lipinski definition) is 1. The quantitative estimate of drug-likeness (QED) is 0.232. The van der Waals surface area contributed by atoms with Crippen LogP contribution in [0.15, 0.2) is 0 Å². The molecule has 0 radical (unpaired) electrons. The molecule has 1 N–H and O–H groups in total. The van der Waals surface area contributed by atoms with Crippen LogP contribution in [0.3, 0.4) is 0 Å². The molecule has 0 aromatic rings. The third-order valence-corrected chi connectivity index (χ3v) is 6.42. The molecule has 0 aliphatic rings. The fourth-order valence-electron chi connectivity index (χ4n) is 2.91. The monoisotopic (exact) mass is 478 g/mol. The van der Waals surface area contributed by atoms with E-state index in [0.29, 0.717) is 0 Å². The van der Waals surface area contributed by atoms with E-state index in [9.17, 15) is 5.11 Å². The molecule has 1 nitrogen and oxygen atoms in total. The van der Waals surface area contributed by atoms with Crippen LogP contribution in [0.2, 0.25) is 17.0 Å². The van der Waals surface area contributed by atoms with Crippen LogP contribution in [0, 0.1) is 5.92 Å². The van der Waals surface area contributed by atoms with E-state index >= 15 is 0 Å². The molecular weight excluding hydrogens is 438 g/mol. The van der Waals surface area contributed by atoms with Crippen molar-refractivity contribution in [3.8, 4) is 0 Å². The predicted octanol–water partition coefficient (Wildman–Crippen LogP) is 3.05. The van der Waals surface area contributed by atoms with Crippen LogP contribution in [0.25, 0.3) is 0 Å². The van der Waals surface area contributed by atoms with E-state index in [-0.39, 0.29) is 44.0 Å². The summed E-state index contributed by atoms with van der Waals surface area (Å²) in [5, 5.41) is 11.7. The van der Waals surface area contributed by atoms with Gasteiger partial charge in [0, 0.05) is 0 Å². The number of halogens is 1. The number of aliphatic hydroxyl groups excluding tert-OH is 1. The fraction of sp³-hybridized carbons (Fsp3) is 1.00. The van der Waals surface area contributed by atoms with Gasteiger partial charge in [-0.1, -0.05) is 0 Å². The zero-order chi connectivity index (χ0) is 15.2. The second-order valence-corrected chi connectivity index (χ2v) is 11.4. The van der Waals surface area contributed by atoms with Crippen molar-refractivity contribution in [2.75, 3.05) is 0 Å². The Balaban J connectivity index is 0. The fourth-order valence-corrected chi connectivity index (χ4v) is 5.52. The molecule has 2 atom stereocenters. The van der Waals surface area contributed by atoms with Gasteiger partial charge in [-0.2, -0.15) is 0 Å². The van der Waals surface area contributed by atoms with E-state index in [2.05, 4.69) is 25.5 Å². The molecule has 2 unspecified atom stereocenters. The largest absolute Gasteiger partial charge is 1.00 e. The van der Waals surface area contributed by atoms with Gasteiger partial charge in [-0.3, -0.25) is 0 Å². The number of aliphatic hydroxyl groups is 1. The van der Waals surface area contributed by atoms with Gasteiger partial charge in [-0.15, -0.1) is 0 Å². The smallest absolute Gasteiger partial charge is 1.00 e. The van der Waals surface area contributed by atoms with Crippen LogP contribution in [-0.4, -0.2) is 25.1 Å². The summed E-state index contributed by atoms with van der Waals surface area (Å²) >= 11 is -0.370. The Kier molecular flexibility index (Phi) is 20.5. The van der Waals surface area contributed by atoms with Crippen molar-refractivity contribution in [3.05, 3.63) is 0 Å². The first-order chi connectivity index (χ1) is 9.60. The second-order valence-electron chi connectivity index (χ2n) is 6.61. The first-order valence-electron chi connectivity index (χ1n) is 8.82. The van der Waals surface area contributed by atoms with E-state index < -0.39 is 0 Å². The average molecular weight is 477 g/mol. The molecule has 0 heterocycles. The van der Waals surface area contributed by atoms with Gasteiger partial charge >= 0.3 is 132 Å². The summed E-state index contributed by atoms with van der Waals surface area (Å²) in [5.74, 6) is 5.67. The molecule has 0 bridgehead atoms. The molecule has 0 spiro atoms. The molecule has 0 aromatic heterocycles. The summed E-state index contributed by atoms with van der Waals surface area (Å²) in [6, 6.07) is 0. The van der Waals surface area contributed by atoms with Crippen molar-refractivity contribution in [1.82, 2.24) is 0 Å². The van der Waals surface area contributed by atoms with E-state index in [1.807, 2.05) is 0 Å². The van der Waals surface area contributed by atoms with Crippen molar-refractivity contribution in [3.63, 3.8) is 0 Å². The van der Waals surface area contributed by atoms with E-state index in [0.717, 1.165) is 18.8 Å². The number of unbranched alkanes of at least 4 members (excludes halogenated alkanes) is 6.